The molecular weight excluding hydrogens is 619 g/mol. The molecule has 0 spiro atoms. The number of hydrogen-bond acceptors (Lipinski definition) is 3. The van der Waals surface area contributed by atoms with Gasteiger partial charge in [0.25, 0.3) is 0 Å². The van der Waals surface area contributed by atoms with Crippen molar-refractivity contribution in [3.8, 4) is 22.3 Å². The standard InChI is InChI=1S/C48H35N3/c1-48(2)46-38-15-7-6-11-32(38)21-24-43(46)42-18-10-17-41(47(42)48)40-23-22-35(37-14-8-9-16-39(37)40)30-51-45(28-44(49)33-12-4-3-5-13-33)34-20-19-31-25-26-50-29-36(31)27-34/h3-30,49H,1-2H3/b45-28-,49-44?,51-30?. The first-order chi connectivity index (χ1) is 25.0. The second-order valence-electron chi connectivity index (χ2n) is 13.8. The van der Waals surface area contributed by atoms with Crippen LogP contribution in [0.3, 0.4) is 0 Å². The minimum Gasteiger partial charge on any atom is -0.300 e. The monoisotopic (exact) mass is 653 g/mol. The van der Waals surface area contributed by atoms with Crippen LogP contribution in [0.1, 0.15) is 41.7 Å². The van der Waals surface area contributed by atoms with Crippen molar-refractivity contribution in [2.45, 2.75) is 19.3 Å². The molecule has 1 aromatic heterocycles. The first-order valence-electron chi connectivity index (χ1n) is 17.4. The Kier molecular flexibility index (Phi) is 7.29. The summed E-state index contributed by atoms with van der Waals surface area (Å²) in [5, 5.41) is 16.0. The third-order valence-corrected chi connectivity index (χ3v) is 10.4. The molecule has 242 valence electrons. The van der Waals surface area contributed by atoms with Crippen molar-refractivity contribution in [1.82, 2.24) is 4.98 Å². The first-order valence-corrected chi connectivity index (χ1v) is 17.4. The predicted octanol–water partition coefficient (Wildman–Crippen LogP) is 12.0. The van der Waals surface area contributed by atoms with Gasteiger partial charge in [-0.15, -0.1) is 0 Å². The second kappa shape index (κ2) is 12.2. The van der Waals surface area contributed by atoms with Gasteiger partial charge in [-0.05, 0) is 84.1 Å². The molecule has 0 saturated carbocycles. The number of nitrogens with one attached hydrogen (secondary N) is 1. The van der Waals surface area contributed by atoms with Crippen LogP contribution in [-0.2, 0) is 5.41 Å². The van der Waals surface area contributed by atoms with Crippen LogP contribution in [-0.4, -0.2) is 16.9 Å². The van der Waals surface area contributed by atoms with E-state index < -0.39 is 0 Å². The van der Waals surface area contributed by atoms with Gasteiger partial charge in [-0.25, -0.2) is 0 Å². The number of rotatable bonds is 6. The number of aliphatic imine (C=N–C) groups is 1. The van der Waals surface area contributed by atoms with Crippen LogP contribution in [0, 0.1) is 5.41 Å². The van der Waals surface area contributed by atoms with Gasteiger partial charge in [-0.3, -0.25) is 9.98 Å². The average Bonchev–Trinajstić information content (AvgIpc) is 3.43. The molecule has 1 aliphatic rings. The van der Waals surface area contributed by atoms with Gasteiger partial charge >= 0.3 is 0 Å². The summed E-state index contributed by atoms with van der Waals surface area (Å²) in [7, 11) is 0. The van der Waals surface area contributed by atoms with Crippen LogP contribution in [0.2, 0.25) is 0 Å². The van der Waals surface area contributed by atoms with E-state index in [0.717, 1.165) is 38.5 Å². The third kappa shape index (κ3) is 5.17. The van der Waals surface area contributed by atoms with E-state index in [1.54, 1.807) is 0 Å². The largest absolute Gasteiger partial charge is 0.300 e. The van der Waals surface area contributed by atoms with Gasteiger partial charge in [-0.1, -0.05) is 147 Å². The van der Waals surface area contributed by atoms with Crippen LogP contribution >= 0.6 is 0 Å². The van der Waals surface area contributed by atoms with Crippen LogP contribution in [0.15, 0.2) is 169 Å². The highest BCUT2D eigenvalue weighted by Crippen LogP contribution is 2.54. The Bertz CT molecular complexity index is 2730. The van der Waals surface area contributed by atoms with Crippen molar-refractivity contribution < 1.29 is 0 Å². The van der Waals surface area contributed by atoms with E-state index >= 15 is 0 Å². The Morgan fingerprint density at radius 1 is 0.569 bits per heavy atom. The maximum absolute atomic E-state index is 8.93. The van der Waals surface area contributed by atoms with Crippen molar-refractivity contribution in [2.24, 2.45) is 4.99 Å². The molecule has 0 unspecified atom stereocenters. The summed E-state index contributed by atoms with van der Waals surface area (Å²) in [6.45, 7) is 4.75. The number of benzene rings is 7. The summed E-state index contributed by atoms with van der Waals surface area (Å²) in [6.07, 6.45) is 7.49. The number of aromatic nitrogens is 1. The molecule has 0 saturated heterocycles. The van der Waals surface area contributed by atoms with E-state index in [2.05, 4.69) is 128 Å². The van der Waals surface area contributed by atoms with Gasteiger partial charge in [0.05, 0.1) is 11.4 Å². The molecule has 1 N–H and O–H groups in total. The Morgan fingerprint density at radius 3 is 2.10 bits per heavy atom. The molecule has 3 nitrogen and oxygen atoms in total. The van der Waals surface area contributed by atoms with Crippen LogP contribution in [0.25, 0.3) is 60.3 Å². The molecule has 0 radical (unpaired) electrons. The normalized spacial score (nSPS) is 13.6. The first kappa shape index (κ1) is 30.6. The number of allylic oxidation sites excluding steroid dienone is 1. The highest BCUT2D eigenvalue weighted by atomic mass is 14.7. The Morgan fingerprint density at radius 2 is 1.25 bits per heavy atom. The Hall–Kier alpha value is -6.45. The molecule has 1 heterocycles. The van der Waals surface area contributed by atoms with Gasteiger partial charge in [0.2, 0.25) is 0 Å². The lowest BCUT2D eigenvalue weighted by Gasteiger charge is -2.26. The molecule has 0 amide bonds. The van der Waals surface area contributed by atoms with Crippen molar-refractivity contribution in [3.05, 3.63) is 192 Å². The van der Waals surface area contributed by atoms with Crippen LogP contribution < -0.4 is 0 Å². The number of fused-ring (bicyclic) bond motifs is 7. The van der Waals surface area contributed by atoms with E-state index in [1.807, 2.05) is 61.1 Å². The average molecular weight is 654 g/mol. The van der Waals surface area contributed by atoms with Gasteiger partial charge in [0, 0.05) is 40.5 Å². The van der Waals surface area contributed by atoms with Crippen molar-refractivity contribution in [2.75, 3.05) is 0 Å². The lowest BCUT2D eigenvalue weighted by atomic mass is 9.77. The van der Waals surface area contributed by atoms with E-state index in [1.165, 1.54) is 49.5 Å². The lowest BCUT2D eigenvalue weighted by Crippen LogP contribution is -2.17. The highest BCUT2D eigenvalue weighted by molar-refractivity contribution is 6.12. The van der Waals surface area contributed by atoms with Crippen LogP contribution in [0.4, 0.5) is 0 Å². The fourth-order valence-electron chi connectivity index (χ4n) is 8.06. The summed E-state index contributed by atoms with van der Waals surface area (Å²) >= 11 is 0. The molecule has 8 aromatic rings. The molecule has 1 aliphatic carbocycles. The van der Waals surface area contributed by atoms with Gasteiger partial charge in [-0.2, -0.15) is 0 Å². The van der Waals surface area contributed by atoms with E-state index in [4.69, 9.17) is 10.4 Å². The number of hydrogen-bond donors (Lipinski definition) is 1. The summed E-state index contributed by atoms with van der Waals surface area (Å²) in [5.41, 5.74) is 11.6. The SMILES string of the molecule is CC1(C)c2c(cccc2-c2ccc(C=N/C(=C\C(=N)c3ccccc3)c3ccc4ccncc4c3)c3ccccc23)-c2ccc3ccccc3c21. The lowest BCUT2D eigenvalue weighted by molar-refractivity contribution is 0.668. The molecule has 51 heavy (non-hydrogen) atoms. The maximum Gasteiger partial charge on any atom is 0.0723 e. The van der Waals surface area contributed by atoms with Crippen LogP contribution in [0.5, 0.6) is 0 Å². The van der Waals surface area contributed by atoms with Gasteiger partial charge in [0.1, 0.15) is 0 Å². The fraction of sp³-hybridized carbons (Fsp3) is 0.0625. The minimum absolute atomic E-state index is 0.179. The molecule has 0 bridgehead atoms. The molecule has 9 rings (SSSR count). The van der Waals surface area contributed by atoms with E-state index in [9.17, 15) is 0 Å². The topological polar surface area (TPSA) is 49.1 Å². The number of nitrogens with zero attached hydrogens (tertiary/aromatic N) is 2. The predicted molar refractivity (Wildman–Crippen MR) is 215 cm³/mol. The molecular formula is C48H35N3. The molecule has 0 atom stereocenters. The fourth-order valence-corrected chi connectivity index (χ4v) is 8.06. The highest BCUT2D eigenvalue weighted by Gasteiger charge is 2.39. The maximum atomic E-state index is 8.93. The number of pyridine rings is 1. The summed E-state index contributed by atoms with van der Waals surface area (Å²) in [4.78, 5) is 9.44. The van der Waals surface area contributed by atoms with Crippen molar-refractivity contribution in [3.63, 3.8) is 0 Å². The van der Waals surface area contributed by atoms with E-state index in [0.29, 0.717) is 5.71 Å². The minimum atomic E-state index is -0.179. The van der Waals surface area contributed by atoms with Crippen molar-refractivity contribution in [1.29, 1.82) is 5.41 Å². The Labute approximate surface area is 297 Å². The summed E-state index contributed by atoms with van der Waals surface area (Å²) < 4.78 is 0. The zero-order valence-electron chi connectivity index (χ0n) is 28.6. The van der Waals surface area contributed by atoms with Gasteiger partial charge < -0.3 is 5.41 Å². The summed E-state index contributed by atoms with van der Waals surface area (Å²) in [5.74, 6) is 0. The molecule has 7 aromatic carbocycles. The second-order valence-corrected chi connectivity index (χ2v) is 13.8. The smallest absolute Gasteiger partial charge is 0.0723 e. The molecule has 0 fully saturated rings. The third-order valence-electron chi connectivity index (χ3n) is 10.4. The zero-order valence-corrected chi connectivity index (χ0v) is 28.6. The Balaban J connectivity index is 1.17. The zero-order chi connectivity index (χ0) is 34.5. The summed E-state index contributed by atoms with van der Waals surface area (Å²) in [6, 6.07) is 51.3. The molecule has 0 aliphatic heterocycles. The quantitative estimate of drug-likeness (QED) is 0.178. The van der Waals surface area contributed by atoms with Crippen molar-refractivity contribution >= 4 is 49.9 Å². The van der Waals surface area contributed by atoms with E-state index in [-0.39, 0.29) is 5.41 Å². The van der Waals surface area contributed by atoms with Gasteiger partial charge in [0.15, 0.2) is 0 Å². The molecule has 3 heteroatoms.